The molecule has 1 fully saturated rings. The Morgan fingerprint density at radius 3 is 2.10 bits per heavy atom. The molecule has 5 heteroatoms. The van der Waals surface area contributed by atoms with Crippen molar-refractivity contribution in [3.63, 3.8) is 0 Å². The molecule has 4 nitrogen and oxygen atoms in total. The molecule has 160 valence electrons. The first-order valence-electron chi connectivity index (χ1n) is 10.9. The maximum absolute atomic E-state index is 14.3. The molecule has 0 radical (unpaired) electrons. The van der Waals surface area contributed by atoms with Gasteiger partial charge in [-0.2, -0.15) is 0 Å². The first-order valence-corrected chi connectivity index (χ1v) is 11.3. The van der Waals surface area contributed by atoms with Crippen LogP contribution in [-0.4, -0.2) is 36.9 Å². The highest BCUT2D eigenvalue weighted by molar-refractivity contribution is 6.30. The van der Waals surface area contributed by atoms with Gasteiger partial charge in [-0.05, 0) is 70.1 Å². The minimum Gasteiger partial charge on any atom is -0.299 e. The van der Waals surface area contributed by atoms with E-state index in [1.807, 2.05) is 30.3 Å². The standard InChI is InChI=1S/C25H32ClN2O2/c1-18(2)28(21-10-6-4-7-11-21,22-12-8-5-9-13-22)25(30)23(27-3)24(29)19-14-16-20(26)17-15-19/h4,6-7,10-11,14-18,22-23,27H,5,8-9,12-13H2,1-3H3/q+1. The molecule has 1 saturated carbocycles. The molecule has 3 rings (SSSR count). The SMILES string of the molecule is CNC(C(=O)c1ccc(Cl)cc1)C(=O)[N+](c1ccccc1)(C(C)C)C1CCCCC1. The zero-order chi connectivity index (χ0) is 21.7. The van der Waals surface area contributed by atoms with Crippen LogP contribution < -0.4 is 9.80 Å². The van der Waals surface area contributed by atoms with Gasteiger partial charge in [0, 0.05) is 23.4 Å². The Morgan fingerprint density at radius 2 is 1.57 bits per heavy atom. The number of benzene rings is 2. The summed E-state index contributed by atoms with van der Waals surface area (Å²) in [6.45, 7) is 4.19. The monoisotopic (exact) mass is 427 g/mol. The summed E-state index contributed by atoms with van der Waals surface area (Å²) in [4.78, 5) is 27.7. The van der Waals surface area contributed by atoms with Gasteiger partial charge >= 0.3 is 5.91 Å². The lowest BCUT2D eigenvalue weighted by molar-refractivity contribution is -0.136. The van der Waals surface area contributed by atoms with Crippen LogP contribution in [0.5, 0.6) is 0 Å². The van der Waals surface area contributed by atoms with Crippen molar-refractivity contribution in [2.45, 2.75) is 64.1 Å². The van der Waals surface area contributed by atoms with Gasteiger partial charge in [0.2, 0.25) is 0 Å². The number of rotatable bonds is 7. The van der Waals surface area contributed by atoms with Crippen molar-refractivity contribution in [1.82, 2.24) is 9.80 Å². The fourth-order valence-corrected chi connectivity index (χ4v) is 5.14. The summed E-state index contributed by atoms with van der Waals surface area (Å²) >= 11 is 5.99. The molecule has 0 aromatic heterocycles. The molecule has 0 aliphatic heterocycles. The number of quaternary nitrogens is 1. The molecule has 2 unspecified atom stereocenters. The van der Waals surface area contributed by atoms with Crippen LogP contribution in [0.25, 0.3) is 0 Å². The Labute approximate surface area is 184 Å². The highest BCUT2D eigenvalue weighted by Crippen LogP contribution is 2.38. The Hall–Kier alpha value is -2.01. The lowest BCUT2D eigenvalue weighted by Crippen LogP contribution is -2.70. The molecule has 0 heterocycles. The lowest BCUT2D eigenvalue weighted by Gasteiger charge is -2.47. The van der Waals surface area contributed by atoms with Crippen LogP contribution in [0.1, 0.15) is 56.3 Å². The zero-order valence-corrected chi connectivity index (χ0v) is 18.9. The predicted octanol–water partition coefficient (Wildman–Crippen LogP) is 5.39. The number of Topliss-reactive ketones (excluding diaryl/α,β-unsaturated/α-hetero) is 1. The number of amides is 1. The highest BCUT2D eigenvalue weighted by Gasteiger charge is 2.52. The molecule has 30 heavy (non-hydrogen) atoms. The summed E-state index contributed by atoms with van der Waals surface area (Å²) in [7, 11) is 1.69. The number of ketones is 1. The van der Waals surface area contributed by atoms with E-state index in [1.165, 1.54) is 6.42 Å². The van der Waals surface area contributed by atoms with E-state index in [0.717, 1.165) is 31.4 Å². The summed E-state index contributed by atoms with van der Waals surface area (Å²) in [6.07, 6.45) is 5.42. The Kier molecular flexibility index (Phi) is 7.45. The molecule has 1 N–H and O–H groups in total. The Morgan fingerprint density at radius 1 is 0.967 bits per heavy atom. The van der Waals surface area contributed by atoms with Crippen LogP contribution in [-0.2, 0) is 4.79 Å². The van der Waals surface area contributed by atoms with E-state index >= 15 is 0 Å². The van der Waals surface area contributed by atoms with Crippen LogP contribution in [0, 0.1) is 0 Å². The van der Waals surface area contributed by atoms with Crippen molar-refractivity contribution in [2.75, 3.05) is 7.05 Å². The number of nitrogens with one attached hydrogen (secondary N) is 1. The molecule has 1 aliphatic rings. The van der Waals surface area contributed by atoms with Gasteiger partial charge in [0.15, 0.2) is 11.8 Å². The summed E-state index contributed by atoms with van der Waals surface area (Å²) in [5.74, 6) is -0.292. The number of likely N-dealkylation sites (N-methyl/N-ethyl adjacent to an activating group) is 1. The molecule has 1 aliphatic carbocycles. The first kappa shape index (κ1) is 22.7. The minimum absolute atomic E-state index is 0.0110. The van der Waals surface area contributed by atoms with Crippen molar-refractivity contribution in [1.29, 1.82) is 0 Å². The Bertz CT molecular complexity index is 860. The summed E-state index contributed by atoms with van der Waals surface area (Å²) in [5.41, 5.74) is 1.46. The quantitative estimate of drug-likeness (QED) is 0.366. The molecule has 0 saturated heterocycles. The van der Waals surface area contributed by atoms with E-state index in [9.17, 15) is 9.59 Å². The van der Waals surface area contributed by atoms with Gasteiger partial charge in [0.1, 0.15) is 11.7 Å². The smallest absolute Gasteiger partial charge is 0.299 e. The fraction of sp³-hybridized carbons (Fsp3) is 0.440. The van der Waals surface area contributed by atoms with Crippen molar-refractivity contribution in [2.24, 2.45) is 0 Å². The van der Waals surface area contributed by atoms with Crippen LogP contribution in [0.4, 0.5) is 5.69 Å². The van der Waals surface area contributed by atoms with Crippen molar-refractivity contribution in [3.8, 4) is 0 Å². The van der Waals surface area contributed by atoms with Gasteiger partial charge in [-0.1, -0.05) is 36.2 Å². The van der Waals surface area contributed by atoms with Gasteiger partial charge in [-0.15, -0.1) is 0 Å². The number of para-hydroxylation sites is 1. The fourth-order valence-electron chi connectivity index (χ4n) is 5.02. The van der Waals surface area contributed by atoms with Crippen LogP contribution >= 0.6 is 11.6 Å². The van der Waals surface area contributed by atoms with E-state index in [0.29, 0.717) is 10.6 Å². The maximum atomic E-state index is 14.3. The van der Waals surface area contributed by atoms with Crippen molar-refractivity contribution in [3.05, 3.63) is 65.2 Å². The number of hydrogen-bond acceptors (Lipinski definition) is 3. The van der Waals surface area contributed by atoms with E-state index in [1.54, 1.807) is 31.3 Å². The van der Waals surface area contributed by atoms with Crippen molar-refractivity contribution < 1.29 is 9.59 Å². The van der Waals surface area contributed by atoms with Gasteiger partial charge in [0.05, 0.1) is 6.04 Å². The number of hydrogen-bond donors (Lipinski definition) is 1. The van der Waals surface area contributed by atoms with Gasteiger partial charge in [-0.3, -0.25) is 10.1 Å². The lowest BCUT2D eigenvalue weighted by atomic mass is 9.88. The summed E-state index contributed by atoms with van der Waals surface area (Å²) in [6, 6.07) is 16.0. The predicted molar refractivity (Wildman–Crippen MR) is 124 cm³/mol. The topological polar surface area (TPSA) is 46.2 Å². The van der Waals surface area contributed by atoms with Crippen LogP contribution in [0.2, 0.25) is 5.02 Å². The highest BCUT2D eigenvalue weighted by atomic mass is 35.5. The van der Waals surface area contributed by atoms with Gasteiger partial charge < -0.3 is 0 Å². The molecule has 0 bridgehead atoms. The van der Waals surface area contributed by atoms with Crippen LogP contribution in [0.3, 0.4) is 0 Å². The number of carbonyl (C=O) groups is 2. The summed E-state index contributed by atoms with van der Waals surface area (Å²) in [5, 5.41) is 3.60. The van der Waals surface area contributed by atoms with E-state index in [4.69, 9.17) is 11.6 Å². The second-order valence-electron chi connectivity index (χ2n) is 8.43. The first-order chi connectivity index (χ1) is 14.4. The molecule has 2 aromatic rings. The van der Waals surface area contributed by atoms with E-state index < -0.39 is 6.04 Å². The molecule has 0 spiro atoms. The van der Waals surface area contributed by atoms with Gasteiger partial charge in [-0.25, -0.2) is 9.28 Å². The van der Waals surface area contributed by atoms with E-state index in [-0.39, 0.29) is 28.3 Å². The van der Waals surface area contributed by atoms with Gasteiger partial charge in [0.25, 0.3) is 0 Å². The molecular formula is C25H32ClN2O2+. The zero-order valence-electron chi connectivity index (χ0n) is 18.1. The molecule has 1 amide bonds. The Balaban J connectivity index is 2.10. The van der Waals surface area contributed by atoms with Crippen LogP contribution in [0.15, 0.2) is 54.6 Å². The maximum Gasteiger partial charge on any atom is 0.344 e. The molecule has 2 aromatic carbocycles. The summed E-state index contributed by atoms with van der Waals surface area (Å²) < 4.78 is 0.200. The second-order valence-corrected chi connectivity index (χ2v) is 8.87. The average Bonchev–Trinajstić information content (AvgIpc) is 2.76. The third-order valence-electron chi connectivity index (χ3n) is 6.44. The van der Waals surface area contributed by atoms with E-state index in [2.05, 4.69) is 19.2 Å². The second kappa shape index (κ2) is 9.86. The molecular weight excluding hydrogens is 396 g/mol. The number of nitrogens with zero attached hydrogens (tertiary/aromatic N) is 1. The number of halogens is 1. The van der Waals surface area contributed by atoms with Crippen molar-refractivity contribution >= 4 is 29.0 Å². The largest absolute Gasteiger partial charge is 0.344 e. The normalized spacial score (nSPS) is 18.0. The third kappa shape index (κ3) is 4.22. The number of carbonyl (C=O) groups excluding carboxylic acids is 2. The average molecular weight is 428 g/mol. The minimum atomic E-state index is -0.921. The molecule has 2 atom stereocenters. The third-order valence-corrected chi connectivity index (χ3v) is 6.69.